The molecule has 6 nitrogen and oxygen atoms in total. The summed E-state index contributed by atoms with van der Waals surface area (Å²) in [6, 6.07) is 7.51. The lowest BCUT2D eigenvalue weighted by Crippen LogP contribution is -2.40. The van der Waals surface area contributed by atoms with E-state index in [9.17, 15) is 9.59 Å². The fraction of sp³-hybridized carbons (Fsp3) is 0.524. The number of carbonyl (C=O) groups is 2. The zero-order valence-corrected chi connectivity index (χ0v) is 15.9. The Balaban J connectivity index is 1.36. The predicted molar refractivity (Wildman–Crippen MR) is 101 cm³/mol. The number of nitrogens with one attached hydrogen (secondary N) is 1. The Morgan fingerprint density at radius 1 is 1.22 bits per heavy atom. The predicted octanol–water partition coefficient (Wildman–Crippen LogP) is 3.45. The van der Waals surface area contributed by atoms with E-state index in [1.807, 2.05) is 36.1 Å². The molecule has 1 fully saturated rings. The normalized spacial score (nSPS) is 17.1. The smallest absolute Gasteiger partial charge is 0.223 e. The van der Waals surface area contributed by atoms with Gasteiger partial charge in [0.2, 0.25) is 11.8 Å². The molecule has 146 valence electrons. The second-order valence-electron chi connectivity index (χ2n) is 7.26. The molecule has 3 heterocycles. The molecule has 0 radical (unpaired) electrons. The van der Waals surface area contributed by atoms with E-state index in [1.54, 1.807) is 6.26 Å². The summed E-state index contributed by atoms with van der Waals surface area (Å²) in [4.78, 5) is 26.4. The minimum atomic E-state index is 0.0327. The fourth-order valence-corrected chi connectivity index (χ4v) is 3.56. The van der Waals surface area contributed by atoms with E-state index in [2.05, 4.69) is 5.32 Å². The van der Waals surface area contributed by atoms with E-state index < -0.39 is 0 Å². The minimum absolute atomic E-state index is 0.0327. The van der Waals surface area contributed by atoms with Crippen molar-refractivity contribution in [2.24, 2.45) is 5.92 Å². The van der Waals surface area contributed by atoms with E-state index in [-0.39, 0.29) is 11.8 Å². The molecule has 1 atom stereocenters. The van der Waals surface area contributed by atoms with Crippen LogP contribution in [0.2, 0.25) is 0 Å². The zero-order chi connectivity index (χ0) is 19.1. The lowest BCUT2D eigenvalue weighted by molar-refractivity contribution is -0.133. The number of hydrogen-bond donors (Lipinski definition) is 1. The number of aryl methyl sites for hydroxylation is 2. The lowest BCUT2D eigenvalue weighted by Gasteiger charge is -2.32. The van der Waals surface area contributed by atoms with Crippen LogP contribution in [-0.2, 0) is 22.6 Å². The largest absolute Gasteiger partial charge is 0.469 e. The summed E-state index contributed by atoms with van der Waals surface area (Å²) in [6.45, 7) is 3.88. The van der Waals surface area contributed by atoms with Gasteiger partial charge < -0.3 is 19.1 Å². The number of carbonyl (C=O) groups excluding carboxylic acids is 2. The molecule has 2 amide bonds. The third-order valence-corrected chi connectivity index (χ3v) is 5.07. The molecule has 1 N–H and O–H groups in total. The third kappa shape index (κ3) is 6.01. The molecule has 6 heteroatoms. The maximum atomic E-state index is 12.4. The van der Waals surface area contributed by atoms with Gasteiger partial charge in [-0.15, -0.1) is 0 Å². The Bertz CT molecular complexity index is 735. The molecule has 0 aliphatic carbocycles. The van der Waals surface area contributed by atoms with Crippen molar-refractivity contribution in [2.45, 2.75) is 52.0 Å². The first kappa shape index (κ1) is 19.3. The van der Waals surface area contributed by atoms with Crippen molar-refractivity contribution in [1.82, 2.24) is 10.2 Å². The highest BCUT2D eigenvalue weighted by Crippen LogP contribution is 2.22. The monoisotopic (exact) mass is 372 g/mol. The molecule has 1 unspecified atom stereocenters. The summed E-state index contributed by atoms with van der Waals surface area (Å²) in [5.41, 5.74) is 0. The van der Waals surface area contributed by atoms with Gasteiger partial charge in [-0.2, -0.15) is 0 Å². The first-order valence-electron chi connectivity index (χ1n) is 9.72. The van der Waals surface area contributed by atoms with Crippen molar-refractivity contribution < 1.29 is 18.4 Å². The van der Waals surface area contributed by atoms with Gasteiger partial charge in [0.15, 0.2) is 0 Å². The van der Waals surface area contributed by atoms with Crippen molar-refractivity contribution in [3.05, 3.63) is 47.8 Å². The number of amides is 2. The van der Waals surface area contributed by atoms with E-state index in [0.29, 0.717) is 31.7 Å². The summed E-state index contributed by atoms with van der Waals surface area (Å²) < 4.78 is 10.7. The molecule has 0 aromatic carbocycles. The number of nitrogens with zero attached hydrogens (tertiary/aromatic N) is 1. The van der Waals surface area contributed by atoms with Crippen molar-refractivity contribution in [3.63, 3.8) is 0 Å². The molecule has 1 aliphatic rings. The molecule has 1 aliphatic heterocycles. The van der Waals surface area contributed by atoms with Gasteiger partial charge in [0.1, 0.15) is 17.3 Å². The van der Waals surface area contributed by atoms with Crippen LogP contribution < -0.4 is 5.32 Å². The number of likely N-dealkylation sites (tertiary alicyclic amines) is 1. The third-order valence-electron chi connectivity index (χ3n) is 5.07. The molecule has 2 aromatic rings. The van der Waals surface area contributed by atoms with Crippen LogP contribution in [-0.4, -0.2) is 29.8 Å². The van der Waals surface area contributed by atoms with E-state index in [0.717, 1.165) is 49.6 Å². The van der Waals surface area contributed by atoms with Gasteiger partial charge in [-0.3, -0.25) is 9.59 Å². The fourth-order valence-electron chi connectivity index (χ4n) is 3.56. The molecule has 0 spiro atoms. The quantitative estimate of drug-likeness (QED) is 0.770. The van der Waals surface area contributed by atoms with Gasteiger partial charge in [0.05, 0.1) is 12.8 Å². The van der Waals surface area contributed by atoms with E-state index >= 15 is 0 Å². The minimum Gasteiger partial charge on any atom is -0.469 e. The Labute approximate surface area is 159 Å². The average Bonchev–Trinajstić information content (AvgIpc) is 3.34. The van der Waals surface area contributed by atoms with Gasteiger partial charge in [-0.05, 0) is 56.4 Å². The summed E-state index contributed by atoms with van der Waals surface area (Å²) in [6.07, 6.45) is 6.13. The number of rotatable bonds is 8. The van der Waals surface area contributed by atoms with Crippen LogP contribution in [0.15, 0.2) is 39.4 Å². The Kier molecular flexibility index (Phi) is 6.74. The highest BCUT2D eigenvalue weighted by atomic mass is 16.3. The molecule has 27 heavy (non-hydrogen) atoms. The number of furan rings is 2. The van der Waals surface area contributed by atoms with Gasteiger partial charge >= 0.3 is 0 Å². The lowest BCUT2D eigenvalue weighted by atomic mass is 9.93. The standard InChI is InChI=1S/C21H28N2O4/c1-16-6-8-19(27-16)14-22-20(24)10-7-17-4-2-12-23(15-17)21(25)11-9-18-5-3-13-26-18/h3,5-6,8,13,17H,2,4,7,9-12,14-15H2,1H3,(H,22,24). The maximum absolute atomic E-state index is 12.4. The van der Waals surface area contributed by atoms with Crippen LogP contribution in [0.3, 0.4) is 0 Å². The summed E-state index contributed by atoms with van der Waals surface area (Å²) in [5, 5.41) is 2.90. The molecule has 2 aromatic heterocycles. The van der Waals surface area contributed by atoms with Gasteiger partial charge in [-0.25, -0.2) is 0 Å². The topological polar surface area (TPSA) is 75.7 Å². The summed E-state index contributed by atoms with van der Waals surface area (Å²) >= 11 is 0. The van der Waals surface area contributed by atoms with Crippen LogP contribution in [0.5, 0.6) is 0 Å². The van der Waals surface area contributed by atoms with Crippen molar-refractivity contribution in [1.29, 1.82) is 0 Å². The average molecular weight is 372 g/mol. The second kappa shape index (κ2) is 9.44. The van der Waals surface area contributed by atoms with E-state index in [1.165, 1.54) is 0 Å². The van der Waals surface area contributed by atoms with Gasteiger partial charge in [0.25, 0.3) is 0 Å². The van der Waals surface area contributed by atoms with Crippen LogP contribution in [0, 0.1) is 12.8 Å². The zero-order valence-electron chi connectivity index (χ0n) is 15.9. The van der Waals surface area contributed by atoms with Crippen LogP contribution in [0.25, 0.3) is 0 Å². The second-order valence-corrected chi connectivity index (χ2v) is 7.26. The summed E-state index contributed by atoms with van der Waals surface area (Å²) in [7, 11) is 0. The van der Waals surface area contributed by atoms with Crippen LogP contribution >= 0.6 is 0 Å². The number of piperidine rings is 1. The highest BCUT2D eigenvalue weighted by Gasteiger charge is 2.24. The molecule has 0 bridgehead atoms. The molecule has 0 saturated carbocycles. The van der Waals surface area contributed by atoms with E-state index in [4.69, 9.17) is 8.83 Å². The first-order chi connectivity index (χ1) is 13.1. The van der Waals surface area contributed by atoms with Crippen LogP contribution in [0.4, 0.5) is 0 Å². The Hall–Kier alpha value is -2.50. The molecule has 3 rings (SSSR count). The Morgan fingerprint density at radius 3 is 2.85 bits per heavy atom. The van der Waals surface area contributed by atoms with Crippen molar-refractivity contribution >= 4 is 11.8 Å². The van der Waals surface area contributed by atoms with Gasteiger partial charge in [0, 0.05) is 32.4 Å². The SMILES string of the molecule is Cc1ccc(CNC(=O)CCC2CCCN(C(=O)CCc3ccco3)C2)o1. The van der Waals surface area contributed by atoms with Gasteiger partial charge in [-0.1, -0.05) is 0 Å². The maximum Gasteiger partial charge on any atom is 0.223 e. The van der Waals surface area contributed by atoms with Crippen molar-refractivity contribution in [2.75, 3.05) is 13.1 Å². The highest BCUT2D eigenvalue weighted by molar-refractivity contribution is 5.77. The molecular weight excluding hydrogens is 344 g/mol. The van der Waals surface area contributed by atoms with Crippen LogP contribution in [0.1, 0.15) is 49.4 Å². The Morgan fingerprint density at radius 2 is 2.11 bits per heavy atom. The number of hydrogen-bond acceptors (Lipinski definition) is 4. The van der Waals surface area contributed by atoms with Crippen molar-refractivity contribution in [3.8, 4) is 0 Å². The summed E-state index contributed by atoms with van der Waals surface area (Å²) in [5.74, 6) is 3.06. The molecule has 1 saturated heterocycles. The molecular formula is C21H28N2O4. The first-order valence-corrected chi connectivity index (χ1v) is 9.72.